The third kappa shape index (κ3) is 4.17. The average Bonchev–Trinajstić information content (AvgIpc) is 3.50. The first kappa shape index (κ1) is 21.5. The molecule has 2 aromatic carbocycles. The highest BCUT2D eigenvalue weighted by Gasteiger charge is 2.33. The zero-order chi connectivity index (χ0) is 22.1. The average molecular weight is 471 g/mol. The Morgan fingerprint density at radius 1 is 0.906 bits per heavy atom. The smallest absolute Gasteiger partial charge is 0.246 e. The van der Waals surface area contributed by atoms with Crippen molar-refractivity contribution < 1.29 is 8.42 Å². The van der Waals surface area contributed by atoms with Gasteiger partial charge in [-0.2, -0.15) is 9.40 Å². The van der Waals surface area contributed by atoms with Crippen molar-refractivity contribution in [3.05, 3.63) is 65.8 Å². The van der Waals surface area contributed by atoms with Crippen molar-refractivity contribution in [1.82, 2.24) is 14.1 Å². The van der Waals surface area contributed by atoms with Crippen LogP contribution < -0.4 is 4.90 Å². The molecular weight excluding hydrogens is 444 g/mol. The van der Waals surface area contributed by atoms with Crippen molar-refractivity contribution in [2.75, 3.05) is 31.1 Å². The minimum absolute atomic E-state index is 0.279. The van der Waals surface area contributed by atoms with E-state index in [0.717, 1.165) is 24.1 Å². The summed E-state index contributed by atoms with van der Waals surface area (Å²) in [4.78, 5) is 2.49. The molecule has 168 valence electrons. The fourth-order valence-electron chi connectivity index (χ4n) is 4.71. The molecule has 1 aliphatic heterocycles. The maximum absolute atomic E-state index is 13.7. The molecule has 6 nitrogen and oxygen atoms in total. The first-order chi connectivity index (χ1) is 15.5. The Morgan fingerprint density at radius 3 is 2.31 bits per heavy atom. The van der Waals surface area contributed by atoms with Crippen molar-refractivity contribution in [2.45, 2.75) is 36.6 Å². The second kappa shape index (κ2) is 8.89. The van der Waals surface area contributed by atoms with E-state index >= 15 is 0 Å². The van der Waals surface area contributed by atoms with Crippen molar-refractivity contribution >= 4 is 27.3 Å². The van der Waals surface area contributed by atoms with E-state index in [1.54, 1.807) is 10.5 Å². The predicted molar refractivity (Wildman–Crippen MR) is 128 cm³/mol. The monoisotopic (exact) mass is 470 g/mol. The first-order valence-electron chi connectivity index (χ1n) is 11.2. The number of hydrogen-bond donors (Lipinski definition) is 0. The Morgan fingerprint density at radius 2 is 1.62 bits per heavy atom. The number of anilines is 1. The van der Waals surface area contributed by atoms with Crippen LogP contribution in [0, 0.1) is 0 Å². The first-order valence-corrected chi connectivity index (χ1v) is 13.0. The molecule has 8 heteroatoms. The standard InChI is InChI=1S/C24H27ClN4O2S/c25-20-9-6-12-22(17-20)27-13-15-28(16-14-27)32(30,31)23-18-29(21-10-4-5-11-21)26-24(23)19-7-2-1-3-8-19/h1-3,6-9,12,17-18,21H,4-5,10-11,13-16H2. The summed E-state index contributed by atoms with van der Waals surface area (Å²) in [5.41, 5.74) is 2.41. The van der Waals surface area contributed by atoms with Crippen molar-refractivity contribution in [2.24, 2.45) is 0 Å². The lowest BCUT2D eigenvalue weighted by atomic mass is 10.2. The largest absolute Gasteiger partial charge is 0.369 e. The lowest BCUT2D eigenvalue weighted by Gasteiger charge is -2.35. The van der Waals surface area contributed by atoms with Gasteiger partial charge in [0.25, 0.3) is 0 Å². The van der Waals surface area contributed by atoms with Crippen LogP contribution in [0.3, 0.4) is 0 Å². The highest BCUT2D eigenvalue weighted by Crippen LogP contribution is 2.34. The summed E-state index contributed by atoms with van der Waals surface area (Å²) in [5, 5.41) is 5.47. The fraction of sp³-hybridized carbons (Fsp3) is 0.375. The van der Waals surface area contributed by atoms with Crippen LogP contribution in [0.5, 0.6) is 0 Å². The Kier molecular flexibility index (Phi) is 5.97. The van der Waals surface area contributed by atoms with Crippen LogP contribution >= 0.6 is 11.6 Å². The molecule has 0 N–H and O–H groups in total. The summed E-state index contributed by atoms with van der Waals surface area (Å²) in [6.07, 6.45) is 6.19. The van der Waals surface area contributed by atoms with Gasteiger partial charge in [0.05, 0.1) is 6.04 Å². The van der Waals surface area contributed by atoms with Gasteiger partial charge in [0.1, 0.15) is 10.6 Å². The number of benzene rings is 2. The summed E-state index contributed by atoms with van der Waals surface area (Å²) >= 11 is 6.13. The van der Waals surface area contributed by atoms with Gasteiger partial charge in [0.2, 0.25) is 10.0 Å². The molecule has 1 aliphatic carbocycles. The molecule has 2 fully saturated rings. The molecule has 0 bridgehead atoms. The van der Waals surface area contributed by atoms with E-state index in [4.69, 9.17) is 16.7 Å². The highest BCUT2D eigenvalue weighted by atomic mass is 35.5. The summed E-state index contributed by atoms with van der Waals surface area (Å²) < 4.78 is 31.0. The summed E-state index contributed by atoms with van der Waals surface area (Å²) in [6.45, 7) is 2.10. The van der Waals surface area contributed by atoms with Gasteiger partial charge in [0, 0.05) is 48.6 Å². The van der Waals surface area contributed by atoms with Gasteiger partial charge in [-0.05, 0) is 31.0 Å². The number of hydrogen-bond acceptors (Lipinski definition) is 4. The summed E-state index contributed by atoms with van der Waals surface area (Å²) in [5.74, 6) is 0. The van der Waals surface area contributed by atoms with E-state index in [9.17, 15) is 8.42 Å². The molecule has 0 unspecified atom stereocenters. The number of halogens is 1. The lowest BCUT2D eigenvalue weighted by molar-refractivity contribution is 0.385. The van der Waals surface area contributed by atoms with Crippen LogP contribution in [-0.2, 0) is 10.0 Å². The number of piperazine rings is 1. The highest BCUT2D eigenvalue weighted by molar-refractivity contribution is 7.89. The Labute approximate surface area is 194 Å². The Balaban J connectivity index is 1.43. The zero-order valence-electron chi connectivity index (χ0n) is 17.9. The quantitative estimate of drug-likeness (QED) is 0.536. The number of aromatic nitrogens is 2. The lowest BCUT2D eigenvalue weighted by Crippen LogP contribution is -2.48. The van der Waals surface area contributed by atoms with Gasteiger partial charge in [0.15, 0.2) is 0 Å². The van der Waals surface area contributed by atoms with Crippen LogP contribution in [0.2, 0.25) is 5.02 Å². The summed E-state index contributed by atoms with van der Waals surface area (Å²) in [6, 6.07) is 17.6. The van der Waals surface area contributed by atoms with Crippen LogP contribution in [0.15, 0.2) is 65.7 Å². The maximum atomic E-state index is 13.7. The van der Waals surface area contributed by atoms with Gasteiger partial charge >= 0.3 is 0 Å². The molecular formula is C24H27ClN4O2S. The van der Waals surface area contributed by atoms with Crippen LogP contribution in [-0.4, -0.2) is 48.7 Å². The van der Waals surface area contributed by atoms with Gasteiger partial charge in [-0.1, -0.05) is 60.8 Å². The number of nitrogens with zero attached hydrogens (tertiary/aromatic N) is 4. The SMILES string of the molecule is O=S(=O)(c1cn(C2CCCC2)nc1-c1ccccc1)N1CCN(c2cccc(Cl)c2)CC1. The van der Waals surface area contributed by atoms with E-state index in [1.165, 1.54) is 12.8 Å². The third-order valence-corrected chi connectivity index (χ3v) is 8.61. The second-order valence-corrected chi connectivity index (χ2v) is 10.8. The number of sulfonamides is 1. The molecule has 5 rings (SSSR count). The summed E-state index contributed by atoms with van der Waals surface area (Å²) in [7, 11) is -3.67. The van der Waals surface area contributed by atoms with Crippen LogP contribution in [0.25, 0.3) is 11.3 Å². The molecule has 1 aromatic heterocycles. The van der Waals surface area contributed by atoms with Crippen LogP contribution in [0.1, 0.15) is 31.7 Å². The van der Waals surface area contributed by atoms with Crippen LogP contribution in [0.4, 0.5) is 5.69 Å². The molecule has 2 aliphatic rings. The normalized spacial score (nSPS) is 18.3. The van der Waals surface area contributed by atoms with Gasteiger partial charge < -0.3 is 4.90 Å². The molecule has 1 saturated carbocycles. The Hall–Kier alpha value is -2.35. The van der Waals surface area contributed by atoms with E-state index in [0.29, 0.717) is 41.8 Å². The molecule has 32 heavy (non-hydrogen) atoms. The van der Waals surface area contributed by atoms with Gasteiger partial charge in [-0.25, -0.2) is 8.42 Å². The minimum atomic E-state index is -3.67. The molecule has 0 radical (unpaired) electrons. The molecule has 0 spiro atoms. The zero-order valence-corrected chi connectivity index (χ0v) is 19.5. The molecule has 3 aromatic rings. The molecule has 0 amide bonds. The van der Waals surface area contributed by atoms with Crippen molar-refractivity contribution in [3.63, 3.8) is 0 Å². The fourth-order valence-corrected chi connectivity index (χ4v) is 6.47. The van der Waals surface area contributed by atoms with Crippen molar-refractivity contribution in [1.29, 1.82) is 0 Å². The van der Waals surface area contributed by atoms with Gasteiger partial charge in [-0.15, -0.1) is 0 Å². The molecule has 1 saturated heterocycles. The topological polar surface area (TPSA) is 58.4 Å². The second-order valence-electron chi connectivity index (χ2n) is 8.50. The molecule has 2 heterocycles. The predicted octanol–water partition coefficient (Wildman–Crippen LogP) is 4.83. The van der Waals surface area contributed by atoms with E-state index in [1.807, 2.05) is 59.3 Å². The third-order valence-electron chi connectivity index (χ3n) is 6.47. The van der Waals surface area contributed by atoms with E-state index < -0.39 is 10.0 Å². The van der Waals surface area contributed by atoms with Crippen molar-refractivity contribution in [3.8, 4) is 11.3 Å². The molecule has 0 atom stereocenters. The number of rotatable bonds is 5. The van der Waals surface area contributed by atoms with Gasteiger partial charge in [-0.3, -0.25) is 4.68 Å². The maximum Gasteiger partial charge on any atom is 0.246 e. The van der Waals surface area contributed by atoms with E-state index in [-0.39, 0.29) is 6.04 Å². The Bertz CT molecular complexity index is 1180. The van der Waals surface area contributed by atoms with E-state index in [2.05, 4.69) is 4.90 Å². The minimum Gasteiger partial charge on any atom is -0.369 e.